The summed E-state index contributed by atoms with van der Waals surface area (Å²) in [5.74, 6) is -0.876. The molecular weight excluding hydrogens is 286 g/mol. The fraction of sp³-hybridized carbons (Fsp3) is 0.364. The van der Waals surface area contributed by atoms with E-state index in [4.69, 9.17) is 5.14 Å². The van der Waals surface area contributed by atoms with Crippen LogP contribution in [0.1, 0.15) is 10.4 Å². The highest BCUT2D eigenvalue weighted by Crippen LogP contribution is 2.24. The van der Waals surface area contributed by atoms with Gasteiger partial charge in [-0.15, -0.1) is 0 Å². The van der Waals surface area contributed by atoms with Crippen LogP contribution in [0.3, 0.4) is 0 Å². The Morgan fingerprint density at radius 1 is 1.15 bits per heavy atom. The number of amides is 1. The number of rotatable bonds is 2. The van der Waals surface area contributed by atoms with E-state index in [-0.39, 0.29) is 43.2 Å². The number of carbonyl (C=O) groups is 1. The smallest absolute Gasteiger partial charge is 0.277 e. The molecule has 1 aromatic carbocycles. The zero-order chi connectivity index (χ0) is 14.9. The van der Waals surface area contributed by atoms with E-state index in [1.165, 1.54) is 17.0 Å². The first-order chi connectivity index (χ1) is 9.29. The standard InChI is InChI=1S/C11H15N3O5S/c12-20(18,19)14-5-3-13(4-6-14)11(17)9-2-1-8(15)7-10(9)16/h1-2,7,15-16H,3-6H2,(H2,12,18,19). The van der Waals surface area contributed by atoms with E-state index < -0.39 is 16.1 Å². The molecule has 0 atom stereocenters. The molecule has 0 aliphatic carbocycles. The van der Waals surface area contributed by atoms with E-state index in [1.54, 1.807) is 0 Å². The van der Waals surface area contributed by atoms with Gasteiger partial charge in [-0.2, -0.15) is 12.7 Å². The molecule has 0 aromatic heterocycles. The van der Waals surface area contributed by atoms with Crippen LogP contribution in [0, 0.1) is 0 Å². The number of carbonyl (C=O) groups excluding carboxylic acids is 1. The van der Waals surface area contributed by atoms with Gasteiger partial charge in [0.25, 0.3) is 16.1 Å². The summed E-state index contributed by atoms with van der Waals surface area (Å²) in [5.41, 5.74) is 0.0619. The number of nitrogens with two attached hydrogens (primary N) is 1. The highest BCUT2D eigenvalue weighted by atomic mass is 32.2. The van der Waals surface area contributed by atoms with Crippen molar-refractivity contribution in [1.82, 2.24) is 9.21 Å². The lowest BCUT2D eigenvalue weighted by Crippen LogP contribution is -2.52. The van der Waals surface area contributed by atoms with Crippen LogP contribution in [-0.2, 0) is 10.2 Å². The molecule has 1 aliphatic heterocycles. The molecule has 1 saturated heterocycles. The van der Waals surface area contributed by atoms with Gasteiger partial charge in [0.1, 0.15) is 11.5 Å². The fourth-order valence-corrected chi connectivity index (χ4v) is 2.69. The summed E-state index contributed by atoms with van der Waals surface area (Å²) in [6.07, 6.45) is 0. The molecule has 110 valence electrons. The van der Waals surface area contributed by atoms with Gasteiger partial charge in [0.15, 0.2) is 0 Å². The number of aromatic hydroxyl groups is 2. The molecule has 0 bridgehead atoms. The minimum atomic E-state index is -3.74. The Balaban J connectivity index is 2.09. The van der Waals surface area contributed by atoms with Crippen molar-refractivity contribution in [2.45, 2.75) is 0 Å². The van der Waals surface area contributed by atoms with Gasteiger partial charge in [-0.1, -0.05) is 0 Å². The largest absolute Gasteiger partial charge is 0.508 e. The summed E-state index contributed by atoms with van der Waals surface area (Å²) in [6.45, 7) is 0.609. The third kappa shape index (κ3) is 3.00. The minimum Gasteiger partial charge on any atom is -0.508 e. The van der Waals surface area contributed by atoms with Gasteiger partial charge in [0, 0.05) is 32.2 Å². The monoisotopic (exact) mass is 301 g/mol. The van der Waals surface area contributed by atoms with Crippen molar-refractivity contribution in [3.63, 3.8) is 0 Å². The zero-order valence-corrected chi connectivity index (χ0v) is 11.4. The third-order valence-electron chi connectivity index (χ3n) is 3.10. The fourth-order valence-electron chi connectivity index (χ4n) is 2.02. The highest BCUT2D eigenvalue weighted by molar-refractivity contribution is 7.86. The molecule has 8 nitrogen and oxygen atoms in total. The molecule has 1 aliphatic rings. The van der Waals surface area contributed by atoms with Gasteiger partial charge in [-0.05, 0) is 12.1 Å². The molecule has 20 heavy (non-hydrogen) atoms. The topological polar surface area (TPSA) is 124 Å². The number of nitrogens with zero attached hydrogens (tertiary/aromatic N) is 2. The van der Waals surface area contributed by atoms with Crippen molar-refractivity contribution >= 4 is 16.1 Å². The van der Waals surface area contributed by atoms with Gasteiger partial charge in [0.05, 0.1) is 5.56 Å². The molecule has 0 spiro atoms. The van der Waals surface area contributed by atoms with Crippen LogP contribution in [0.5, 0.6) is 11.5 Å². The minimum absolute atomic E-state index is 0.0619. The summed E-state index contributed by atoms with van der Waals surface area (Å²) in [7, 11) is -3.74. The quantitative estimate of drug-likeness (QED) is 0.650. The Bertz CT molecular complexity index is 623. The average Bonchev–Trinajstić information content (AvgIpc) is 2.37. The average molecular weight is 301 g/mol. The van der Waals surface area contributed by atoms with Crippen molar-refractivity contribution < 1.29 is 23.4 Å². The van der Waals surface area contributed by atoms with E-state index in [1.807, 2.05) is 0 Å². The van der Waals surface area contributed by atoms with E-state index in [0.717, 1.165) is 10.4 Å². The molecule has 1 amide bonds. The van der Waals surface area contributed by atoms with E-state index in [0.29, 0.717) is 0 Å². The first-order valence-corrected chi connectivity index (χ1v) is 7.38. The molecule has 0 saturated carbocycles. The van der Waals surface area contributed by atoms with Crippen LogP contribution in [0.15, 0.2) is 18.2 Å². The molecule has 2 rings (SSSR count). The number of benzene rings is 1. The second-order valence-corrected chi connectivity index (χ2v) is 5.98. The highest BCUT2D eigenvalue weighted by Gasteiger charge is 2.28. The van der Waals surface area contributed by atoms with Gasteiger partial charge in [-0.25, -0.2) is 5.14 Å². The van der Waals surface area contributed by atoms with Gasteiger partial charge in [0.2, 0.25) is 0 Å². The lowest BCUT2D eigenvalue weighted by atomic mass is 10.1. The van der Waals surface area contributed by atoms with Crippen molar-refractivity contribution in [2.24, 2.45) is 5.14 Å². The maximum atomic E-state index is 12.2. The van der Waals surface area contributed by atoms with Crippen LogP contribution >= 0.6 is 0 Å². The van der Waals surface area contributed by atoms with Crippen LogP contribution in [-0.4, -0.2) is 59.9 Å². The Labute approximate surface area is 116 Å². The Morgan fingerprint density at radius 3 is 2.25 bits per heavy atom. The first-order valence-electron chi connectivity index (χ1n) is 5.88. The maximum absolute atomic E-state index is 12.2. The summed E-state index contributed by atoms with van der Waals surface area (Å²) in [5, 5.41) is 23.8. The van der Waals surface area contributed by atoms with Crippen LogP contribution in [0.2, 0.25) is 0 Å². The van der Waals surface area contributed by atoms with Gasteiger partial charge < -0.3 is 15.1 Å². The molecular formula is C11H15N3O5S. The van der Waals surface area contributed by atoms with Crippen LogP contribution < -0.4 is 5.14 Å². The normalized spacial score (nSPS) is 17.1. The van der Waals surface area contributed by atoms with E-state index in [9.17, 15) is 23.4 Å². The molecule has 1 aromatic rings. The van der Waals surface area contributed by atoms with Gasteiger partial charge in [-0.3, -0.25) is 4.79 Å². The molecule has 1 heterocycles. The zero-order valence-electron chi connectivity index (χ0n) is 10.6. The van der Waals surface area contributed by atoms with Crippen molar-refractivity contribution in [3.8, 4) is 11.5 Å². The number of hydrogen-bond donors (Lipinski definition) is 3. The van der Waals surface area contributed by atoms with E-state index in [2.05, 4.69) is 0 Å². The SMILES string of the molecule is NS(=O)(=O)N1CCN(C(=O)c2ccc(O)cc2O)CC1. The molecule has 1 fully saturated rings. The van der Waals surface area contributed by atoms with Crippen molar-refractivity contribution in [3.05, 3.63) is 23.8 Å². The number of phenols is 2. The lowest BCUT2D eigenvalue weighted by molar-refractivity contribution is 0.0695. The number of phenolic OH excluding ortho intramolecular Hbond substituents is 2. The number of piperazine rings is 1. The van der Waals surface area contributed by atoms with Gasteiger partial charge >= 0.3 is 0 Å². The lowest BCUT2D eigenvalue weighted by Gasteiger charge is -2.33. The van der Waals surface area contributed by atoms with E-state index >= 15 is 0 Å². The Hall–Kier alpha value is -1.84. The first kappa shape index (κ1) is 14.6. The summed E-state index contributed by atoms with van der Waals surface area (Å²) >= 11 is 0. The Kier molecular flexibility index (Phi) is 3.84. The summed E-state index contributed by atoms with van der Waals surface area (Å²) in [4.78, 5) is 13.6. The maximum Gasteiger partial charge on any atom is 0.277 e. The van der Waals surface area contributed by atoms with Crippen LogP contribution in [0.25, 0.3) is 0 Å². The second kappa shape index (κ2) is 5.27. The predicted octanol–water partition coefficient (Wildman–Crippen LogP) is -0.941. The molecule has 0 radical (unpaired) electrons. The number of hydrogen-bond acceptors (Lipinski definition) is 5. The summed E-state index contributed by atoms with van der Waals surface area (Å²) in [6, 6.07) is 3.69. The predicted molar refractivity (Wildman–Crippen MR) is 70.4 cm³/mol. The molecule has 4 N–H and O–H groups in total. The van der Waals surface area contributed by atoms with Crippen molar-refractivity contribution in [1.29, 1.82) is 0 Å². The van der Waals surface area contributed by atoms with Crippen molar-refractivity contribution in [2.75, 3.05) is 26.2 Å². The second-order valence-electron chi connectivity index (χ2n) is 4.44. The Morgan fingerprint density at radius 2 is 1.75 bits per heavy atom. The third-order valence-corrected chi connectivity index (χ3v) is 4.18. The summed E-state index contributed by atoms with van der Waals surface area (Å²) < 4.78 is 23.4. The van der Waals surface area contributed by atoms with Crippen LogP contribution in [0.4, 0.5) is 0 Å². The molecule has 9 heteroatoms. The molecule has 0 unspecified atom stereocenters.